The summed E-state index contributed by atoms with van der Waals surface area (Å²) >= 11 is 0. The molecule has 0 N–H and O–H groups in total. The zero-order valence-electron chi connectivity index (χ0n) is 21.5. The van der Waals surface area contributed by atoms with E-state index in [2.05, 4.69) is 4.99 Å². The lowest BCUT2D eigenvalue weighted by molar-refractivity contribution is -0.385. The number of aliphatic imine (C=N–C) groups is 1. The SMILES string of the molecule is COC[C@H]1OC(N(C(=O)OC(C)(C)C)C(=O)OC(C)(C)C)=N[C@](C)(c2cc([N+](=O)[O-])ccc2F)[C@H]1F. The highest BCUT2D eigenvalue weighted by Crippen LogP contribution is 2.40. The Kier molecular flexibility index (Phi) is 8.29. The van der Waals surface area contributed by atoms with E-state index in [4.69, 9.17) is 18.9 Å². The van der Waals surface area contributed by atoms with E-state index in [1.54, 1.807) is 41.5 Å². The molecule has 0 aromatic heterocycles. The molecule has 11 nitrogen and oxygen atoms in total. The van der Waals surface area contributed by atoms with E-state index in [9.17, 15) is 24.1 Å². The topological polar surface area (TPSA) is 130 Å². The number of alkyl halides is 1. The highest BCUT2D eigenvalue weighted by Gasteiger charge is 2.51. The Morgan fingerprint density at radius 2 is 1.69 bits per heavy atom. The number of ether oxygens (including phenoxy) is 4. The first-order chi connectivity index (χ1) is 16.4. The predicted molar refractivity (Wildman–Crippen MR) is 124 cm³/mol. The summed E-state index contributed by atoms with van der Waals surface area (Å²) in [5, 5.41) is 11.3. The van der Waals surface area contributed by atoms with Gasteiger partial charge in [-0.3, -0.25) is 10.1 Å². The van der Waals surface area contributed by atoms with Crippen LogP contribution in [0.4, 0.5) is 24.1 Å². The number of amides is 2. The van der Waals surface area contributed by atoms with Gasteiger partial charge in [-0.15, -0.1) is 4.90 Å². The van der Waals surface area contributed by atoms with Gasteiger partial charge in [-0.05, 0) is 54.5 Å². The number of nitrogens with zero attached hydrogens (tertiary/aromatic N) is 3. The number of non-ortho nitro benzene ring substituents is 1. The van der Waals surface area contributed by atoms with Crippen molar-refractivity contribution in [1.29, 1.82) is 0 Å². The van der Waals surface area contributed by atoms with E-state index < -0.39 is 69.2 Å². The van der Waals surface area contributed by atoms with Crippen LogP contribution in [0.1, 0.15) is 54.0 Å². The molecule has 2 amide bonds. The largest absolute Gasteiger partial charge is 0.455 e. The minimum atomic E-state index is -2.17. The molecule has 1 aromatic carbocycles. The van der Waals surface area contributed by atoms with Gasteiger partial charge >= 0.3 is 18.2 Å². The number of nitro benzene ring substituents is 1. The van der Waals surface area contributed by atoms with Crippen molar-refractivity contribution in [2.45, 2.75) is 77.5 Å². The second-order valence-corrected chi connectivity index (χ2v) is 10.3. The molecule has 200 valence electrons. The Balaban J connectivity index is 2.75. The molecule has 3 atom stereocenters. The average molecular weight is 516 g/mol. The van der Waals surface area contributed by atoms with Crippen LogP contribution >= 0.6 is 0 Å². The van der Waals surface area contributed by atoms with Gasteiger partial charge in [0.15, 0.2) is 12.3 Å². The van der Waals surface area contributed by atoms with Crippen molar-refractivity contribution < 1.29 is 42.2 Å². The van der Waals surface area contributed by atoms with Gasteiger partial charge in [0, 0.05) is 24.8 Å². The number of hydrogen-bond acceptors (Lipinski definition) is 9. The number of rotatable bonds is 4. The fraction of sp³-hybridized carbons (Fsp3) is 0.609. The van der Waals surface area contributed by atoms with Crippen LogP contribution in [0.5, 0.6) is 0 Å². The van der Waals surface area contributed by atoms with Gasteiger partial charge in [-0.25, -0.2) is 23.4 Å². The summed E-state index contributed by atoms with van der Waals surface area (Å²) in [5.41, 5.74) is -5.29. The van der Waals surface area contributed by atoms with Crippen LogP contribution < -0.4 is 0 Å². The summed E-state index contributed by atoms with van der Waals surface area (Å²) < 4.78 is 51.8. The zero-order chi connectivity index (χ0) is 27.6. The summed E-state index contributed by atoms with van der Waals surface area (Å²) in [7, 11) is 1.26. The van der Waals surface area contributed by atoms with Gasteiger partial charge in [0.05, 0.1) is 11.5 Å². The molecule has 2 rings (SSSR count). The summed E-state index contributed by atoms with van der Waals surface area (Å²) in [6.07, 6.45) is -6.08. The quantitative estimate of drug-likeness (QED) is 0.411. The van der Waals surface area contributed by atoms with Crippen molar-refractivity contribution in [2.24, 2.45) is 4.99 Å². The van der Waals surface area contributed by atoms with Crippen LogP contribution in [0, 0.1) is 15.9 Å². The summed E-state index contributed by atoms with van der Waals surface area (Å²) in [4.78, 5) is 41.0. The Bertz CT molecular complexity index is 1020. The van der Waals surface area contributed by atoms with Gasteiger partial charge < -0.3 is 18.9 Å². The van der Waals surface area contributed by atoms with Crippen molar-refractivity contribution in [2.75, 3.05) is 13.7 Å². The van der Waals surface area contributed by atoms with Gasteiger partial charge in [-0.2, -0.15) is 0 Å². The maximum atomic E-state index is 15.8. The minimum Gasteiger partial charge on any atom is -0.455 e. The second kappa shape index (κ2) is 10.3. The number of amidine groups is 1. The van der Waals surface area contributed by atoms with Crippen molar-refractivity contribution in [3.05, 3.63) is 39.7 Å². The van der Waals surface area contributed by atoms with Crippen molar-refractivity contribution >= 4 is 23.9 Å². The highest BCUT2D eigenvalue weighted by molar-refractivity contribution is 6.06. The molecule has 13 heteroatoms. The first kappa shape index (κ1) is 28.9. The Morgan fingerprint density at radius 3 is 2.14 bits per heavy atom. The smallest absolute Gasteiger partial charge is 0.428 e. The number of carbonyl (C=O) groups excluding carboxylic acids is 2. The molecule has 0 unspecified atom stereocenters. The molecule has 1 aromatic rings. The number of carbonyl (C=O) groups is 2. The molecule has 1 aliphatic rings. The Hall–Kier alpha value is -3.35. The van der Waals surface area contributed by atoms with E-state index >= 15 is 4.39 Å². The van der Waals surface area contributed by atoms with E-state index in [1.807, 2.05) is 0 Å². The van der Waals surface area contributed by atoms with Crippen molar-refractivity contribution in [3.63, 3.8) is 0 Å². The monoisotopic (exact) mass is 515 g/mol. The lowest BCUT2D eigenvalue weighted by Gasteiger charge is -2.40. The molecule has 36 heavy (non-hydrogen) atoms. The molecular formula is C23H31F2N3O8. The molecule has 1 aliphatic heterocycles. The van der Waals surface area contributed by atoms with Crippen LogP contribution in [0.15, 0.2) is 23.2 Å². The molecule has 0 bridgehead atoms. The van der Waals surface area contributed by atoms with Crippen LogP contribution in [-0.2, 0) is 24.5 Å². The van der Waals surface area contributed by atoms with Crippen molar-refractivity contribution in [1.82, 2.24) is 4.90 Å². The van der Waals surface area contributed by atoms with Gasteiger partial charge in [0.1, 0.15) is 22.6 Å². The number of methoxy groups -OCH3 is 1. The molecular weight excluding hydrogens is 484 g/mol. The Morgan fingerprint density at radius 1 is 1.17 bits per heavy atom. The maximum Gasteiger partial charge on any atom is 0.428 e. The van der Waals surface area contributed by atoms with E-state index in [1.165, 1.54) is 7.11 Å². The Labute approximate surface area is 207 Å². The zero-order valence-corrected chi connectivity index (χ0v) is 21.5. The molecule has 0 saturated carbocycles. The third-order valence-electron chi connectivity index (χ3n) is 4.83. The maximum absolute atomic E-state index is 15.8. The van der Waals surface area contributed by atoms with E-state index in [0.717, 1.165) is 25.1 Å². The minimum absolute atomic E-state index is 0.332. The normalized spacial score (nSPS) is 22.2. The lowest BCUT2D eigenvalue weighted by atomic mass is 9.84. The number of halogens is 2. The van der Waals surface area contributed by atoms with Crippen molar-refractivity contribution in [3.8, 4) is 0 Å². The summed E-state index contributed by atoms with van der Waals surface area (Å²) in [6.45, 7) is 10.1. The lowest BCUT2D eigenvalue weighted by Crippen LogP contribution is -2.56. The average Bonchev–Trinajstić information content (AvgIpc) is 2.69. The predicted octanol–water partition coefficient (Wildman–Crippen LogP) is 4.86. The molecule has 0 fully saturated rings. The van der Waals surface area contributed by atoms with E-state index in [-0.39, 0.29) is 6.61 Å². The number of benzene rings is 1. The molecule has 1 heterocycles. The summed E-state index contributed by atoms with van der Waals surface area (Å²) in [5.74, 6) is -0.993. The van der Waals surface area contributed by atoms with Crippen LogP contribution in [-0.4, -0.2) is 65.2 Å². The van der Waals surface area contributed by atoms with Gasteiger partial charge in [0.2, 0.25) is 0 Å². The third kappa shape index (κ3) is 6.65. The molecule has 0 saturated heterocycles. The summed E-state index contributed by atoms with van der Waals surface area (Å²) in [6, 6.07) is 1.81. The fourth-order valence-corrected chi connectivity index (χ4v) is 3.30. The third-order valence-corrected chi connectivity index (χ3v) is 4.83. The fourth-order valence-electron chi connectivity index (χ4n) is 3.30. The van der Waals surface area contributed by atoms with Crippen LogP contribution in [0.2, 0.25) is 0 Å². The standard InChI is InChI=1S/C23H31F2N3O8/c1-21(2,3)35-19(29)27(20(30)36-22(4,5)6)18-26-23(7,17(25)16(34-18)12-33-8)14-11-13(28(31)32)9-10-15(14)24/h9-11,16-17H,12H2,1-8H3/t16-,17+,23-/m1/s1. The van der Waals surface area contributed by atoms with E-state index in [0.29, 0.717) is 4.90 Å². The number of nitro groups is 1. The molecule has 0 spiro atoms. The van der Waals surface area contributed by atoms with Gasteiger partial charge in [0.25, 0.3) is 5.69 Å². The molecule has 0 aliphatic carbocycles. The first-order valence-electron chi connectivity index (χ1n) is 11.0. The van der Waals surface area contributed by atoms with Crippen LogP contribution in [0.25, 0.3) is 0 Å². The molecule has 0 radical (unpaired) electrons. The number of hydrogen-bond donors (Lipinski definition) is 0. The number of imide groups is 1. The van der Waals surface area contributed by atoms with Crippen LogP contribution in [0.3, 0.4) is 0 Å². The van der Waals surface area contributed by atoms with Gasteiger partial charge in [-0.1, -0.05) is 0 Å². The first-order valence-corrected chi connectivity index (χ1v) is 11.0. The second-order valence-electron chi connectivity index (χ2n) is 10.3. The highest BCUT2D eigenvalue weighted by atomic mass is 19.1.